The van der Waals surface area contributed by atoms with Crippen molar-refractivity contribution in [1.29, 1.82) is 0 Å². The van der Waals surface area contributed by atoms with Crippen LogP contribution in [-0.2, 0) is 17.6 Å². The Morgan fingerprint density at radius 1 is 1.35 bits per heavy atom. The summed E-state index contributed by atoms with van der Waals surface area (Å²) in [5, 5.41) is 10.1. The van der Waals surface area contributed by atoms with Crippen molar-refractivity contribution in [2.45, 2.75) is 64.9 Å². The number of fused-ring (bicyclic) bond motifs is 2. The van der Waals surface area contributed by atoms with Crippen molar-refractivity contribution in [3.63, 3.8) is 0 Å². The van der Waals surface area contributed by atoms with E-state index in [0.29, 0.717) is 42.5 Å². The number of ether oxygens (including phenoxy) is 1. The van der Waals surface area contributed by atoms with E-state index in [1.807, 2.05) is 13.1 Å². The molecule has 2 saturated carbocycles. The third-order valence-corrected chi connectivity index (χ3v) is 6.62. The van der Waals surface area contributed by atoms with E-state index < -0.39 is 5.60 Å². The van der Waals surface area contributed by atoms with Gasteiger partial charge in [0, 0.05) is 18.0 Å². The van der Waals surface area contributed by atoms with E-state index in [0.717, 1.165) is 43.5 Å². The number of ketones is 1. The molecule has 1 heterocycles. The Labute approximate surface area is 156 Å². The number of pyridine rings is 1. The number of nitrogens with zero attached hydrogens (tertiary/aromatic N) is 1. The largest absolute Gasteiger partial charge is 0.492 e. The van der Waals surface area contributed by atoms with Crippen molar-refractivity contribution >= 4 is 5.78 Å². The molecular formula is C22H31NO3. The highest BCUT2D eigenvalue weighted by Crippen LogP contribution is 2.61. The monoisotopic (exact) mass is 357 g/mol. The summed E-state index contributed by atoms with van der Waals surface area (Å²) in [5.41, 5.74) is 1.83. The second kappa shape index (κ2) is 6.63. The van der Waals surface area contributed by atoms with Crippen LogP contribution in [-0.4, -0.2) is 28.1 Å². The zero-order chi connectivity index (χ0) is 18.5. The minimum atomic E-state index is -0.510. The number of aliphatic hydroxyl groups is 1. The molecule has 0 aliphatic heterocycles. The van der Waals surface area contributed by atoms with Crippen LogP contribution in [0.15, 0.2) is 12.3 Å². The molecule has 26 heavy (non-hydrogen) atoms. The number of aromatic nitrogens is 1. The Balaban J connectivity index is 1.44. The maximum Gasteiger partial charge on any atom is 0.137 e. The number of carbonyl (C=O) groups excluding carboxylic acids is 1. The van der Waals surface area contributed by atoms with Crippen LogP contribution in [0.25, 0.3) is 0 Å². The number of rotatable bonds is 5. The van der Waals surface area contributed by atoms with Gasteiger partial charge >= 0.3 is 0 Å². The summed E-state index contributed by atoms with van der Waals surface area (Å²) in [6.45, 7) is 7.01. The van der Waals surface area contributed by atoms with Crippen molar-refractivity contribution < 1.29 is 14.6 Å². The molecule has 0 amide bonds. The Bertz CT molecular complexity index is 689. The van der Waals surface area contributed by atoms with Gasteiger partial charge in [0.1, 0.15) is 11.5 Å². The fourth-order valence-corrected chi connectivity index (χ4v) is 5.16. The smallest absolute Gasteiger partial charge is 0.137 e. The van der Waals surface area contributed by atoms with Crippen LogP contribution in [0.1, 0.15) is 57.7 Å². The second-order valence-corrected chi connectivity index (χ2v) is 9.41. The SMILES string of the molecule is CC(C)CCOc1cnc2c(c1)CCC(=O)C1C(C2)C1C1CC(C)(O)C1. The fourth-order valence-electron chi connectivity index (χ4n) is 5.16. The standard InChI is InChI=1S/C22H31NO3/c1-13(2)6-7-26-16-8-14-4-5-19(24)21-17(9-18(14)23-12-16)20(21)15-10-22(3,25)11-15/h8,12-13,15,17,20-21,25H,4-7,9-11H2,1-3H3. The highest BCUT2D eigenvalue weighted by molar-refractivity contribution is 5.85. The number of hydrogen-bond donors (Lipinski definition) is 1. The van der Waals surface area contributed by atoms with Crippen molar-refractivity contribution in [3.8, 4) is 5.75 Å². The maximum absolute atomic E-state index is 12.7. The Morgan fingerprint density at radius 2 is 2.12 bits per heavy atom. The van der Waals surface area contributed by atoms with Crippen LogP contribution in [0.5, 0.6) is 5.75 Å². The zero-order valence-corrected chi connectivity index (χ0v) is 16.2. The molecule has 1 aromatic rings. The molecule has 2 fully saturated rings. The number of Topliss-reactive ketones (excluding diaryl/α,β-unsaturated/α-hetero) is 1. The number of aryl methyl sites for hydroxylation is 1. The third kappa shape index (κ3) is 3.53. The first-order chi connectivity index (χ1) is 12.3. The molecule has 0 saturated heterocycles. The summed E-state index contributed by atoms with van der Waals surface area (Å²) in [4.78, 5) is 17.4. The molecule has 0 bridgehead atoms. The Hall–Kier alpha value is -1.42. The lowest BCUT2D eigenvalue weighted by molar-refractivity contribution is -0.121. The first-order valence-corrected chi connectivity index (χ1v) is 10.2. The molecule has 3 aliphatic rings. The Morgan fingerprint density at radius 3 is 2.81 bits per heavy atom. The minimum absolute atomic E-state index is 0.216. The van der Waals surface area contributed by atoms with Crippen LogP contribution in [0, 0.1) is 29.6 Å². The minimum Gasteiger partial charge on any atom is -0.492 e. The molecule has 1 N–H and O–H groups in total. The van der Waals surface area contributed by atoms with Crippen molar-refractivity contribution in [2.75, 3.05) is 6.61 Å². The highest BCUT2D eigenvalue weighted by atomic mass is 16.5. The first-order valence-electron chi connectivity index (χ1n) is 10.2. The van der Waals surface area contributed by atoms with Crippen LogP contribution in [0.4, 0.5) is 0 Å². The predicted octanol–water partition coefficient (Wildman–Crippen LogP) is 3.59. The summed E-state index contributed by atoms with van der Waals surface area (Å²) in [6, 6.07) is 2.10. The molecule has 3 unspecified atom stereocenters. The normalized spacial score (nSPS) is 35.8. The van der Waals surface area contributed by atoms with Crippen molar-refractivity contribution in [1.82, 2.24) is 4.98 Å². The lowest BCUT2D eigenvalue weighted by Gasteiger charge is -2.41. The van der Waals surface area contributed by atoms with Crippen LogP contribution >= 0.6 is 0 Å². The van der Waals surface area contributed by atoms with Gasteiger partial charge < -0.3 is 9.84 Å². The van der Waals surface area contributed by atoms with E-state index in [9.17, 15) is 9.90 Å². The first kappa shape index (κ1) is 18.0. The molecule has 3 atom stereocenters. The van der Waals surface area contributed by atoms with Gasteiger partial charge in [0.25, 0.3) is 0 Å². The van der Waals surface area contributed by atoms with Gasteiger partial charge in [-0.3, -0.25) is 9.78 Å². The molecule has 0 radical (unpaired) electrons. The van der Waals surface area contributed by atoms with E-state index in [1.165, 1.54) is 5.56 Å². The summed E-state index contributed by atoms with van der Waals surface area (Å²) >= 11 is 0. The summed E-state index contributed by atoms with van der Waals surface area (Å²) < 4.78 is 5.85. The molecule has 4 heteroatoms. The lowest BCUT2D eigenvalue weighted by Crippen LogP contribution is -2.42. The van der Waals surface area contributed by atoms with Crippen LogP contribution < -0.4 is 4.74 Å². The van der Waals surface area contributed by atoms with Gasteiger partial charge in [-0.25, -0.2) is 0 Å². The zero-order valence-electron chi connectivity index (χ0n) is 16.2. The average Bonchev–Trinajstić information content (AvgIpc) is 3.23. The molecule has 142 valence electrons. The summed E-state index contributed by atoms with van der Waals surface area (Å²) in [7, 11) is 0. The Kier molecular flexibility index (Phi) is 4.58. The molecule has 4 rings (SSSR count). The van der Waals surface area contributed by atoms with E-state index in [4.69, 9.17) is 9.72 Å². The molecule has 1 aromatic heterocycles. The lowest BCUT2D eigenvalue weighted by atomic mass is 9.69. The van der Waals surface area contributed by atoms with Gasteiger partial charge in [0.15, 0.2) is 0 Å². The number of hydrogen-bond acceptors (Lipinski definition) is 4. The quantitative estimate of drug-likeness (QED) is 0.875. The van der Waals surface area contributed by atoms with E-state index >= 15 is 0 Å². The van der Waals surface area contributed by atoms with E-state index in [1.54, 1.807) is 0 Å². The third-order valence-electron chi connectivity index (χ3n) is 6.62. The van der Waals surface area contributed by atoms with Gasteiger partial charge in [-0.1, -0.05) is 13.8 Å². The van der Waals surface area contributed by atoms with Gasteiger partial charge in [-0.15, -0.1) is 0 Å². The summed E-state index contributed by atoms with van der Waals surface area (Å²) in [6.07, 6.45) is 6.88. The van der Waals surface area contributed by atoms with Gasteiger partial charge in [0.2, 0.25) is 0 Å². The van der Waals surface area contributed by atoms with Crippen molar-refractivity contribution in [3.05, 3.63) is 23.5 Å². The maximum atomic E-state index is 12.7. The van der Waals surface area contributed by atoms with Gasteiger partial charge in [0.05, 0.1) is 18.4 Å². The molecular weight excluding hydrogens is 326 g/mol. The molecule has 0 spiro atoms. The van der Waals surface area contributed by atoms with Gasteiger partial charge in [-0.2, -0.15) is 0 Å². The molecule has 4 nitrogen and oxygen atoms in total. The topological polar surface area (TPSA) is 59.4 Å². The molecule has 3 aliphatic carbocycles. The number of carbonyl (C=O) groups is 1. The van der Waals surface area contributed by atoms with E-state index in [2.05, 4.69) is 19.9 Å². The second-order valence-electron chi connectivity index (χ2n) is 9.41. The predicted molar refractivity (Wildman–Crippen MR) is 100 cm³/mol. The molecule has 0 aromatic carbocycles. The average molecular weight is 357 g/mol. The fraction of sp³-hybridized carbons (Fsp3) is 0.727. The van der Waals surface area contributed by atoms with Crippen LogP contribution in [0.2, 0.25) is 0 Å². The van der Waals surface area contributed by atoms with Crippen molar-refractivity contribution in [2.24, 2.45) is 29.6 Å². The van der Waals surface area contributed by atoms with Crippen LogP contribution in [0.3, 0.4) is 0 Å². The summed E-state index contributed by atoms with van der Waals surface area (Å²) in [5.74, 6) is 3.51. The van der Waals surface area contributed by atoms with E-state index in [-0.39, 0.29) is 5.92 Å². The highest BCUT2D eigenvalue weighted by Gasteiger charge is 2.61. The van der Waals surface area contributed by atoms with Gasteiger partial charge in [-0.05, 0) is 74.3 Å².